The fraction of sp³-hybridized carbons (Fsp3) is 1.00. The number of piperidine rings is 1. The highest BCUT2D eigenvalue weighted by Gasteiger charge is 2.35. The molecule has 0 saturated carbocycles. The Morgan fingerprint density at radius 3 is 2.00 bits per heavy atom. The zero-order valence-corrected chi connectivity index (χ0v) is 12.4. The van der Waals surface area contributed by atoms with Gasteiger partial charge in [-0.15, -0.1) is 0 Å². The molecule has 0 aromatic carbocycles. The molecule has 2 unspecified atom stereocenters. The molecule has 0 bridgehead atoms. The molecule has 0 amide bonds. The second kappa shape index (κ2) is 4.68. The molecule has 2 atom stereocenters. The molecule has 0 aromatic rings. The highest BCUT2D eigenvalue weighted by Crippen LogP contribution is 2.34. The van der Waals surface area contributed by atoms with Crippen molar-refractivity contribution in [2.45, 2.75) is 79.3 Å². The third kappa shape index (κ3) is 4.08. The Morgan fingerprint density at radius 1 is 1.00 bits per heavy atom. The molecule has 0 aliphatic carbocycles. The van der Waals surface area contributed by atoms with Crippen molar-refractivity contribution in [2.75, 3.05) is 6.54 Å². The van der Waals surface area contributed by atoms with Crippen LogP contribution >= 0.6 is 0 Å². The molecule has 1 saturated heterocycles. The SMILES string of the molecule is CC1CCC(CC(C)(C)C)N(C(C)(C)C)C1. The van der Waals surface area contributed by atoms with Crippen molar-refractivity contribution in [1.82, 2.24) is 4.90 Å². The van der Waals surface area contributed by atoms with Gasteiger partial charge >= 0.3 is 0 Å². The quantitative estimate of drug-likeness (QED) is 0.642. The Kier molecular flexibility index (Phi) is 4.10. The number of hydrogen-bond donors (Lipinski definition) is 0. The van der Waals surface area contributed by atoms with E-state index in [1.807, 2.05) is 0 Å². The summed E-state index contributed by atoms with van der Waals surface area (Å²) in [5.41, 5.74) is 0.777. The number of rotatable bonds is 1. The second-order valence-corrected chi connectivity index (χ2v) is 7.92. The van der Waals surface area contributed by atoms with Gasteiger partial charge in [0.2, 0.25) is 0 Å². The van der Waals surface area contributed by atoms with E-state index in [-0.39, 0.29) is 0 Å². The monoisotopic (exact) mass is 225 g/mol. The van der Waals surface area contributed by atoms with E-state index in [4.69, 9.17) is 0 Å². The normalized spacial score (nSPS) is 29.4. The van der Waals surface area contributed by atoms with Gasteiger partial charge in [0.05, 0.1) is 0 Å². The maximum atomic E-state index is 2.74. The van der Waals surface area contributed by atoms with Crippen LogP contribution in [0.2, 0.25) is 0 Å². The van der Waals surface area contributed by atoms with Gasteiger partial charge in [-0.25, -0.2) is 0 Å². The van der Waals surface area contributed by atoms with E-state index in [1.165, 1.54) is 25.8 Å². The summed E-state index contributed by atoms with van der Waals surface area (Å²) < 4.78 is 0. The lowest BCUT2D eigenvalue weighted by Crippen LogP contribution is -2.53. The Morgan fingerprint density at radius 2 is 1.56 bits per heavy atom. The minimum atomic E-state index is 0.324. The van der Waals surface area contributed by atoms with Gasteiger partial charge in [0.25, 0.3) is 0 Å². The van der Waals surface area contributed by atoms with E-state index in [2.05, 4.69) is 53.4 Å². The van der Waals surface area contributed by atoms with Gasteiger partial charge in [-0.05, 0) is 51.4 Å². The van der Waals surface area contributed by atoms with Gasteiger partial charge in [-0.3, -0.25) is 4.90 Å². The molecule has 1 aliphatic rings. The second-order valence-electron chi connectivity index (χ2n) is 7.92. The average Bonchev–Trinajstić information content (AvgIpc) is 2.04. The first-order valence-corrected chi connectivity index (χ1v) is 6.86. The zero-order chi connectivity index (χ0) is 12.6. The molecule has 0 N–H and O–H groups in total. The molecule has 1 nitrogen and oxygen atoms in total. The molecule has 96 valence electrons. The third-order valence-corrected chi connectivity index (χ3v) is 3.65. The summed E-state index contributed by atoms with van der Waals surface area (Å²) in [7, 11) is 0. The van der Waals surface area contributed by atoms with Crippen LogP contribution in [0, 0.1) is 11.3 Å². The lowest BCUT2D eigenvalue weighted by molar-refractivity contribution is 0.0108. The summed E-state index contributed by atoms with van der Waals surface area (Å²) in [6, 6.07) is 0.788. The minimum absolute atomic E-state index is 0.324. The number of likely N-dealkylation sites (tertiary alicyclic amines) is 1. The fourth-order valence-electron chi connectivity index (χ4n) is 2.95. The predicted octanol–water partition coefficient (Wildman–Crippen LogP) is 4.32. The van der Waals surface area contributed by atoms with Crippen molar-refractivity contribution in [1.29, 1.82) is 0 Å². The van der Waals surface area contributed by atoms with Crippen molar-refractivity contribution in [3.8, 4) is 0 Å². The van der Waals surface area contributed by atoms with Crippen LogP contribution in [0.1, 0.15) is 67.7 Å². The third-order valence-electron chi connectivity index (χ3n) is 3.65. The van der Waals surface area contributed by atoms with Crippen molar-refractivity contribution < 1.29 is 0 Å². The van der Waals surface area contributed by atoms with Crippen molar-refractivity contribution in [2.24, 2.45) is 11.3 Å². The molecular formula is C15H31N. The van der Waals surface area contributed by atoms with Crippen molar-refractivity contribution in [3.05, 3.63) is 0 Å². The van der Waals surface area contributed by atoms with E-state index in [1.54, 1.807) is 0 Å². The van der Waals surface area contributed by atoms with Crippen LogP contribution in [0.5, 0.6) is 0 Å². The molecule has 1 heteroatoms. The van der Waals surface area contributed by atoms with Gasteiger partial charge < -0.3 is 0 Å². The van der Waals surface area contributed by atoms with Crippen LogP contribution in [-0.2, 0) is 0 Å². The van der Waals surface area contributed by atoms with Crippen molar-refractivity contribution in [3.63, 3.8) is 0 Å². The maximum absolute atomic E-state index is 2.74. The zero-order valence-electron chi connectivity index (χ0n) is 12.4. The summed E-state index contributed by atoms with van der Waals surface area (Å²) in [4.78, 5) is 2.74. The predicted molar refractivity (Wildman–Crippen MR) is 72.7 cm³/mol. The molecule has 1 rings (SSSR count). The van der Waals surface area contributed by atoms with Gasteiger partial charge in [0, 0.05) is 18.1 Å². The molecule has 1 heterocycles. The summed E-state index contributed by atoms with van der Waals surface area (Å²) in [5.74, 6) is 0.871. The van der Waals surface area contributed by atoms with E-state index in [0.717, 1.165) is 12.0 Å². The van der Waals surface area contributed by atoms with E-state index in [9.17, 15) is 0 Å². The van der Waals surface area contributed by atoms with Crippen LogP contribution in [-0.4, -0.2) is 23.0 Å². The lowest BCUT2D eigenvalue weighted by Gasteiger charge is -2.48. The molecular weight excluding hydrogens is 194 g/mol. The molecule has 0 spiro atoms. The Hall–Kier alpha value is -0.0400. The summed E-state index contributed by atoms with van der Waals surface area (Å²) in [5, 5.41) is 0. The average molecular weight is 225 g/mol. The fourth-order valence-corrected chi connectivity index (χ4v) is 2.95. The first-order valence-electron chi connectivity index (χ1n) is 6.86. The minimum Gasteiger partial charge on any atom is -0.295 e. The molecule has 16 heavy (non-hydrogen) atoms. The van der Waals surface area contributed by atoms with Crippen LogP contribution in [0.3, 0.4) is 0 Å². The molecule has 1 aliphatic heterocycles. The first-order chi connectivity index (χ1) is 7.09. The topological polar surface area (TPSA) is 3.24 Å². The first kappa shape index (κ1) is 14.0. The van der Waals surface area contributed by atoms with Gasteiger partial charge in [0.1, 0.15) is 0 Å². The molecule has 0 radical (unpaired) electrons. The smallest absolute Gasteiger partial charge is 0.0128 e. The van der Waals surface area contributed by atoms with E-state index >= 15 is 0 Å². The van der Waals surface area contributed by atoms with Crippen LogP contribution in [0.15, 0.2) is 0 Å². The maximum Gasteiger partial charge on any atom is 0.0128 e. The highest BCUT2D eigenvalue weighted by atomic mass is 15.2. The standard InChI is InChI=1S/C15H31N/c1-12-8-9-13(10-14(2,3)4)16(11-12)15(5,6)7/h12-13H,8-11H2,1-7H3. The van der Waals surface area contributed by atoms with E-state index < -0.39 is 0 Å². The van der Waals surface area contributed by atoms with Crippen LogP contribution in [0.4, 0.5) is 0 Å². The van der Waals surface area contributed by atoms with Gasteiger partial charge in [0.15, 0.2) is 0 Å². The summed E-state index contributed by atoms with van der Waals surface area (Å²) in [6.07, 6.45) is 4.13. The number of hydrogen-bond acceptors (Lipinski definition) is 1. The highest BCUT2D eigenvalue weighted by molar-refractivity contribution is 4.90. The van der Waals surface area contributed by atoms with Crippen LogP contribution < -0.4 is 0 Å². The van der Waals surface area contributed by atoms with Crippen LogP contribution in [0.25, 0.3) is 0 Å². The van der Waals surface area contributed by atoms with Crippen molar-refractivity contribution >= 4 is 0 Å². The van der Waals surface area contributed by atoms with Gasteiger partial charge in [-0.1, -0.05) is 27.7 Å². The Balaban J connectivity index is 2.73. The molecule has 1 fully saturated rings. The Bertz CT molecular complexity index is 219. The summed E-state index contributed by atoms with van der Waals surface area (Å²) in [6.45, 7) is 17.9. The number of nitrogens with zero attached hydrogens (tertiary/aromatic N) is 1. The van der Waals surface area contributed by atoms with Gasteiger partial charge in [-0.2, -0.15) is 0 Å². The lowest BCUT2D eigenvalue weighted by atomic mass is 9.80. The largest absolute Gasteiger partial charge is 0.295 e. The van der Waals surface area contributed by atoms with E-state index in [0.29, 0.717) is 11.0 Å². The Labute approximate surface area is 103 Å². The molecule has 0 aromatic heterocycles. The summed E-state index contributed by atoms with van der Waals surface area (Å²) >= 11 is 0.